The SMILES string of the molecule is O=C1CC(c2ccccn2)=NN1c1cc(S(=O)(=O)[O-])cc(S(=O)(=O)[O-])c1.[Na+].[Na+]. The molecule has 1 aromatic heterocycles. The van der Waals surface area contributed by atoms with Crippen molar-refractivity contribution in [3.05, 3.63) is 48.3 Å². The van der Waals surface area contributed by atoms with E-state index in [0.29, 0.717) is 11.8 Å². The number of nitrogens with zero attached hydrogens (tertiary/aromatic N) is 3. The van der Waals surface area contributed by atoms with Gasteiger partial charge in [-0.1, -0.05) is 6.07 Å². The molecule has 1 aliphatic rings. The molecular formula is C14H9N3Na2O7S2. The van der Waals surface area contributed by atoms with Crippen molar-refractivity contribution < 1.29 is 89.9 Å². The fraction of sp³-hybridized carbons (Fsp3) is 0.0714. The molecule has 0 saturated heterocycles. The first kappa shape index (κ1) is 25.4. The molecule has 0 bridgehead atoms. The summed E-state index contributed by atoms with van der Waals surface area (Å²) in [6.45, 7) is 0. The molecule has 0 atom stereocenters. The second-order valence-corrected chi connectivity index (χ2v) is 7.97. The van der Waals surface area contributed by atoms with E-state index in [1.165, 1.54) is 6.20 Å². The van der Waals surface area contributed by atoms with Crippen LogP contribution in [-0.2, 0) is 25.0 Å². The van der Waals surface area contributed by atoms with Crippen molar-refractivity contribution in [2.45, 2.75) is 16.2 Å². The van der Waals surface area contributed by atoms with Gasteiger partial charge in [-0.05, 0) is 30.3 Å². The van der Waals surface area contributed by atoms with Crippen LogP contribution in [0, 0.1) is 0 Å². The molecule has 0 unspecified atom stereocenters. The zero-order valence-electron chi connectivity index (χ0n) is 14.8. The third-order valence-electron chi connectivity index (χ3n) is 3.42. The predicted molar refractivity (Wildman–Crippen MR) is 85.2 cm³/mol. The predicted octanol–water partition coefficient (Wildman–Crippen LogP) is -5.96. The minimum atomic E-state index is -5.07. The molecule has 136 valence electrons. The third-order valence-corrected chi connectivity index (χ3v) is 5.05. The third kappa shape index (κ3) is 5.69. The van der Waals surface area contributed by atoms with Gasteiger partial charge in [0.05, 0.1) is 33.3 Å². The Balaban J connectivity index is 0.00000196. The van der Waals surface area contributed by atoms with Gasteiger partial charge in [0.25, 0.3) is 5.91 Å². The number of rotatable bonds is 4. The Morgan fingerprint density at radius 3 is 1.96 bits per heavy atom. The molecular weight excluding hydrogens is 432 g/mol. The minimum absolute atomic E-state index is 0. The average molecular weight is 441 g/mol. The fourth-order valence-electron chi connectivity index (χ4n) is 2.27. The standard InChI is InChI=1S/C14H11N3O7S2.2Na/c18-14-8-13(12-3-1-2-4-15-12)16-17(14)9-5-10(25(19,20)21)7-11(6-9)26(22,23)24;;/h1-7H,8H2,(H,19,20,21)(H,22,23,24);;/q;2*+1/p-2. The van der Waals surface area contributed by atoms with Crippen molar-refractivity contribution in [3.63, 3.8) is 0 Å². The second-order valence-electron chi connectivity index (χ2n) is 5.21. The first-order valence-corrected chi connectivity index (χ1v) is 9.76. The van der Waals surface area contributed by atoms with Crippen LogP contribution in [0.3, 0.4) is 0 Å². The van der Waals surface area contributed by atoms with Crippen LogP contribution in [0.25, 0.3) is 0 Å². The van der Waals surface area contributed by atoms with Crippen molar-refractivity contribution >= 4 is 37.5 Å². The molecule has 1 aromatic carbocycles. The van der Waals surface area contributed by atoms with E-state index in [1.807, 2.05) is 0 Å². The number of hydrogen-bond donors (Lipinski definition) is 0. The van der Waals surface area contributed by atoms with Gasteiger partial charge in [-0.25, -0.2) is 21.8 Å². The molecule has 1 amide bonds. The number of hydrogen-bond acceptors (Lipinski definition) is 9. The molecule has 0 spiro atoms. The van der Waals surface area contributed by atoms with E-state index in [1.54, 1.807) is 18.2 Å². The summed E-state index contributed by atoms with van der Waals surface area (Å²) in [6, 6.07) is 6.93. The summed E-state index contributed by atoms with van der Waals surface area (Å²) < 4.78 is 67.5. The number of hydrazone groups is 1. The summed E-state index contributed by atoms with van der Waals surface area (Å²) in [5.74, 6) is -0.611. The minimum Gasteiger partial charge on any atom is -0.744 e. The van der Waals surface area contributed by atoms with E-state index >= 15 is 0 Å². The number of aromatic nitrogens is 1. The molecule has 10 nitrogen and oxygen atoms in total. The Morgan fingerprint density at radius 1 is 0.929 bits per heavy atom. The van der Waals surface area contributed by atoms with Gasteiger partial charge < -0.3 is 9.11 Å². The number of pyridine rings is 1. The van der Waals surface area contributed by atoms with Crippen molar-refractivity contribution in [1.29, 1.82) is 0 Å². The van der Waals surface area contributed by atoms with Crippen LogP contribution in [0.15, 0.2) is 57.5 Å². The fourth-order valence-corrected chi connectivity index (χ4v) is 3.42. The normalized spacial score (nSPS) is 14.1. The molecule has 1 aliphatic heterocycles. The van der Waals surface area contributed by atoms with Gasteiger partial charge in [0.2, 0.25) is 0 Å². The quantitative estimate of drug-likeness (QED) is 0.335. The topological polar surface area (TPSA) is 160 Å². The van der Waals surface area contributed by atoms with Crippen molar-refractivity contribution in [2.24, 2.45) is 5.10 Å². The van der Waals surface area contributed by atoms with Crippen LogP contribution in [-0.4, -0.2) is 42.5 Å². The van der Waals surface area contributed by atoms with Crippen molar-refractivity contribution in [2.75, 3.05) is 5.01 Å². The van der Waals surface area contributed by atoms with E-state index in [9.17, 15) is 30.7 Å². The molecule has 28 heavy (non-hydrogen) atoms. The van der Waals surface area contributed by atoms with Gasteiger partial charge >= 0.3 is 59.1 Å². The number of benzene rings is 1. The second kappa shape index (κ2) is 9.43. The molecule has 0 radical (unpaired) electrons. The van der Waals surface area contributed by atoms with Crippen LogP contribution in [0.4, 0.5) is 5.69 Å². The first-order valence-electron chi connectivity index (χ1n) is 6.94. The van der Waals surface area contributed by atoms with Gasteiger partial charge in [0.1, 0.15) is 20.2 Å². The van der Waals surface area contributed by atoms with E-state index < -0.39 is 35.9 Å². The Hall–Kier alpha value is -0.670. The smallest absolute Gasteiger partial charge is 0.744 e. The molecule has 2 heterocycles. The summed E-state index contributed by atoms with van der Waals surface area (Å²) in [5.41, 5.74) is 0.331. The summed E-state index contributed by atoms with van der Waals surface area (Å²) in [7, 11) is -10.1. The molecule has 0 N–H and O–H groups in total. The zero-order chi connectivity index (χ0) is 19.1. The number of amides is 1. The summed E-state index contributed by atoms with van der Waals surface area (Å²) >= 11 is 0. The Bertz CT molecular complexity index is 1090. The number of anilines is 1. The number of carbonyl (C=O) groups excluding carboxylic acids is 1. The van der Waals surface area contributed by atoms with E-state index in [2.05, 4.69) is 10.1 Å². The van der Waals surface area contributed by atoms with Gasteiger partial charge in [-0.15, -0.1) is 0 Å². The average Bonchev–Trinajstić information content (AvgIpc) is 2.95. The maximum absolute atomic E-state index is 12.2. The van der Waals surface area contributed by atoms with Gasteiger partial charge in [0.15, 0.2) is 0 Å². The van der Waals surface area contributed by atoms with Crippen LogP contribution in [0.1, 0.15) is 12.1 Å². The monoisotopic (exact) mass is 441 g/mol. The van der Waals surface area contributed by atoms with Crippen LogP contribution >= 0.6 is 0 Å². The molecule has 14 heteroatoms. The first-order chi connectivity index (χ1) is 12.1. The Kier molecular flexibility index (Phi) is 8.54. The summed E-state index contributed by atoms with van der Waals surface area (Å²) in [5, 5.41) is 4.73. The number of carbonyl (C=O) groups is 1. The van der Waals surface area contributed by atoms with E-state index in [-0.39, 0.29) is 76.9 Å². The van der Waals surface area contributed by atoms with E-state index in [4.69, 9.17) is 0 Å². The largest absolute Gasteiger partial charge is 1.00 e. The maximum atomic E-state index is 12.2. The zero-order valence-corrected chi connectivity index (χ0v) is 20.4. The molecule has 0 aliphatic carbocycles. The maximum Gasteiger partial charge on any atom is 1.00 e. The van der Waals surface area contributed by atoms with Crippen LogP contribution < -0.4 is 64.1 Å². The van der Waals surface area contributed by atoms with Crippen LogP contribution in [0.5, 0.6) is 0 Å². The summed E-state index contributed by atoms with van der Waals surface area (Å²) in [6.07, 6.45) is 1.31. The Morgan fingerprint density at radius 2 is 1.50 bits per heavy atom. The summed E-state index contributed by atoms with van der Waals surface area (Å²) in [4.78, 5) is 14.3. The molecule has 2 aromatic rings. The molecule has 3 rings (SSSR count). The van der Waals surface area contributed by atoms with Gasteiger partial charge in [0, 0.05) is 6.20 Å². The molecule has 0 fully saturated rings. The Labute approximate surface area is 205 Å². The van der Waals surface area contributed by atoms with Crippen molar-refractivity contribution in [1.82, 2.24) is 4.98 Å². The van der Waals surface area contributed by atoms with E-state index in [0.717, 1.165) is 17.1 Å². The van der Waals surface area contributed by atoms with Gasteiger partial charge in [-0.3, -0.25) is 9.78 Å². The van der Waals surface area contributed by atoms with Crippen LogP contribution in [0.2, 0.25) is 0 Å². The van der Waals surface area contributed by atoms with Gasteiger partial charge in [-0.2, -0.15) is 5.10 Å². The van der Waals surface area contributed by atoms with Crippen molar-refractivity contribution in [3.8, 4) is 0 Å². The molecule has 0 saturated carbocycles.